The van der Waals surface area contributed by atoms with E-state index in [2.05, 4.69) is 4.57 Å². The van der Waals surface area contributed by atoms with Crippen molar-refractivity contribution in [1.29, 1.82) is 0 Å². The quantitative estimate of drug-likeness (QED) is 0.531. The second kappa shape index (κ2) is 7.26. The van der Waals surface area contributed by atoms with Crippen LogP contribution in [0.15, 0.2) is 6.07 Å². The summed E-state index contributed by atoms with van der Waals surface area (Å²) in [4.78, 5) is 25.9. The molecule has 1 aromatic rings. The number of nitrogens with zero attached hydrogens (tertiary/aromatic N) is 1. The van der Waals surface area contributed by atoms with Crippen molar-refractivity contribution in [2.45, 2.75) is 77.9 Å². The number of rotatable bonds is 6. The van der Waals surface area contributed by atoms with Crippen molar-refractivity contribution in [3.05, 3.63) is 23.0 Å². The van der Waals surface area contributed by atoms with E-state index in [1.807, 2.05) is 19.9 Å². The summed E-state index contributed by atoms with van der Waals surface area (Å²) in [7, 11) is 0. The van der Waals surface area contributed by atoms with Crippen LogP contribution in [0.3, 0.4) is 0 Å². The van der Waals surface area contributed by atoms with E-state index in [1.165, 1.54) is 19.3 Å². The molecule has 5 fully saturated rings. The van der Waals surface area contributed by atoms with Crippen molar-refractivity contribution < 1.29 is 19.1 Å². The van der Waals surface area contributed by atoms with Gasteiger partial charge in [-0.2, -0.15) is 0 Å². The highest BCUT2D eigenvalue weighted by Gasteiger charge is 2.55. The number of aromatic nitrogens is 1. The largest absolute Gasteiger partial charge is 0.457 e. The van der Waals surface area contributed by atoms with Crippen molar-refractivity contribution in [1.82, 2.24) is 4.57 Å². The van der Waals surface area contributed by atoms with Crippen molar-refractivity contribution in [2.75, 3.05) is 13.2 Å². The van der Waals surface area contributed by atoms with Crippen LogP contribution in [0.2, 0.25) is 0 Å². The maximum absolute atomic E-state index is 13.0. The van der Waals surface area contributed by atoms with E-state index in [1.54, 1.807) is 0 Å². The molecule has 1 saturated heterocycles. The molecule has 1 aliphatic heterocycles. The second-order valence-electron chi connectivity index (χ2n) is 10.2. The molecular formula is C24H33NO4. The molecule has 0 N–H and O–H groups in total. The first-order valence-corrected chi connectivity index (χ1v) is 11.4. The Kier molecular flexibility index (Phi) is 4.84. The first-order chi connectivity index (χ1) is 13.9. The molecule has 1 atom stereocenters. The average Bonchev–Trinajstić information content (AvgIpc) is 3.28. The summed E-state index contributed by atoms with van der Waals surface area (Å²) in [6.07, 6.45) is 9.22. The first kappa shape index (κ1) is 19.3. The van der Waals surface area contributed by atoms with Crippen LogP contribution in [0.5, 0.6) is 0 Å². The van der Waals surface area contributed by atoms with Crippen molar-refractivity contribution in [2.24, 2.45) is 23.2 Å². The van der Waals surface area contributed by atoms with Gasteiger partial charge in [0.15, 0.2) is 6.61 Å². The number of ether oxygens (including phenoxy) is 2. The van der Waals surface area contributed by atoms with Gasteiger partial charge < -0.3 is 14.0 Å². The Morgan fingerprint density at radius 3 is 2.38 bits per heavy atom. The standard InChI is InChI=1S/C24H33NO4/c1-15-6-21(16(2)25(15)13-20-4-3-5-28-20)22(26)14-29-23(27)24-10-17-7-18(11-24)9-19(8-17)12-24/h6,17-20H,3-5,7-14H2,1-2H3/t17?,18?,19?,20-,24?/m0/s1. The number of carbonyl (C=O) groups excluding carboxylic acids is 2. The van der Waals surface area contributed by atoms with Crippen LogP contribution in [-0.4, -0.2) is 35.6 Å². The van der Waals surface area contributed by atoms with Crippen molar-refractivity contribution in [3.8, 4) is 0 Å². The fourth-order valence-corrected chi connectivity index (χ4v) is 7.08. The van der Waals surface area contributed by atoms with Crippen LogP contribution in [0, 0.1) is 37.0 Å². The molecule has 29 heavy (non-hydrogen) atoms. The third-order valence-corrected chi connectivity index (χ3v) is 8.09. The molecule has 5 heteroatoms. The Hall–Kier alpha value is -1.62. The third-order valence-electron chi connectivity index (χ3n) is 8.09. The molecule has 0 amide bonds. The minimum absolute atomic E-state index is 0.0882. The molecular weight excluding hydrogens is 366 g/mol. The number of aryl methyl sites for hydroxylation is 1. The molecule has 4 bridgehead atoms. The van der Waals surface area contributed by atoms with Gasteiger partial charge in [-0.05, 0) is 89.0 Å². The number of ketones is 1. The lowest BCUT2D eigenvalue weighted by Crippen LogP contribution is -2.50. The lowest BCUT2D eigenvalue weighted by Gasteiger charge is -2.55. The summed E-state index contributed by atoms with van der Waals surface area (Å²) in [5.41, 5.74) is 2.40. The predicted octanol–water partition coefficient (Wildman–Crippen LogP) is 4.23. The Morgan fingerprint density at radius 1 is 1.14 bits per heavy atom. The monoisotopic (exact) mass is 399 g/mol. The lowest BCUT2D eigenvalue weighted by atomic mass is 9.49. The minimum Gasteiger partial charge on any atom is -0.457 e. The van der Waals surface area contributed by atoms with Gasteiger partial charge in [-0.1, -0.05) is 0 Å². The summed E-state index contributed by atoms with van der Waals surface area (Å²) in [5, 5.41) is 0. The topological polar surface area (TPSA) is 57.5 Å². The van der Waals surface area contributed by atoms with E-state index in [4.69, 9.17) is 9.47 Å². The zero-order chi connectivity index (χ0) is 20.2. The van der Waals surface area contributed by atoms with Crippen LogP contribution in [0.4, 0.5) is 0 Å². The molecule has 5 nitrogen and oxygen atoms in total. The van der Waals surface area contributed by atoms with Crippen molar-refractivity contribution in [3.63, 3.8) is 0 Å². The average molecular weight is 400 g/mol. The Labute approximate surface area is 173 Å². The molecule has 0 aromatic carbocycles. The molecule has 0 spiro atoms. The van der Waals surface area contributed by atoms with Gasteiger partial charge in [0, 0.05) is 30.1 Å². The van der Waals surface area contributed by atoms with Gasteiger partial charge in [0.1, 0.15) is 0 Å². The molecule has 0 radical (unpaired) electrons. The van der Waals surface area contributed by atoms with Crippen LogP contribution >= 0.6 is 0 Å². The van der Waals surface area contributed by atoms with Gasteiger partial charge >= 0.3 is 5.97 Å². The zero-order valence-corrected chi connectivity index (χ0v) is 17.7. The highest BCUT2D eigenvalue weighted by Crippen LogP contribution is 2.60. The smallest absolute Gasteiger partial charge is 0.312 e. The number of hydrogen-bond acceptors (Lipinski definition) is 4. The van der Waals surface area contributed by atoms with E-state index in [-0.39, 0.29) is 29.9 Å². The molecule has 0 unspecified atom stereocenters. The Morgan fingerprint density at radius 2 is 1.79 bits per heavy atom. The maximum atomic E-state index is 13.0. The zero-order valence-electron chi connectivity index (χ0n) is 17.7. The van der Waals surface area contributed by atoms with E-state index in [9.17, 15) is 9.59 Å². The fraction of sp³-hybridized carbons (Fsp3) is 0.750. The van der Waals surface area contributed by atoms with E-state index >= 15 is 0 Å². The minimum atomic E-state index is -0.300. The van der Waals surface area contributed by atoms with E-state index < -0.39 is 0 Å². The van der Waals surface area contributed by atoms with Crippen LogP contribution in [-0.2, 0) is 20.8 Å². The molecule has 4 saturated carbocycles. The predicted molar refractivity (Wildman–Crippen MR) is 109 cm³/mol. The first-order valence-electron chi connectivity index (χ1n) is 11.4. The van der Waals surface area contributed by atoms with Crippen LogP contribution in [0.1, 0.15) is 73.1 Å². The summed E-state index contributed by atoms with van der Waals surface area (Å²) >= 11 is 0. The normalized spacial score (nSPS) is 35.2. The van der Waals surface area contributed by atoms with Crippen LogP contribution < -0.4 is 0 Å². The molecule has 2 heterocycles. The summed E-state index contributed by atoms with van der Waals surface area (Å²) in [6.45, 7) is 5.50. The van der Waals surface area contributed by atoms with Gasteiger partial charge in [-0.15, -0.1) is 0 Å². The molecule has 4 aliphatic carbocycles. The number of Topliss-reactive ketones (excluding diaryl/α,β-unsaturated/α-hetero) is 1. The molecule has 1 aromatic heterocycles. The third kappa shape index (κ3) is 3.45. The van der Waals surface area contributed by atoms with Gasteiger partial charge in [0.25, 0.3) is 0 Å². The van der Waals surface area contributed by atoms with E-state index in [0.29, 0.717) is 23.3 Å². The van der Waals surface area contributed by atoms with Gasteiger partial charge in [0.2, 0.25) is 5.78 Å². The second-order valence-corrected chi connectivity index (χ2v) is 10.2. The van der Waals surface area contributed by atoms with Crippen molar-refractivity contribution >= 4 is 11.8 Å². The maximum Gasteiger partial charge on any atom is 0.312 e. The Bertz CT molecular complexity index is 782. The highest BCUT2D eigenvalue weighted by molar-refractivity contribution is 5.99. The summed E-state index contributed by atoms with van der Waals surface area (Å²) in [5.74, 6) is 1.89. The number of esters is 1. The van der Waals surface area contributed by atoms with Crippen LogP contribution in [0.25, 0.3) is 0 Å². The fourth-order valence-electron chi connectivity index (χ4n) is 7.08. The van der Waals surface area contributed by atoms with Gasteiger partial charge in [-0.25, -0.2) is 0 Å². The Balaban J connectivity index is 1.24. The number of carbonyl (C=O) groups is 2. The summed E-state index contributed by atoms with van der Waals surface area (Å²) < 4.78 is 13.6. The molecule has 158 valence electrons. The highest BCUT2D eigenvalue weighted by atomic mass is 16.5. The van der Waals surface area contributed by atoms with E-state index in [0.717, 1.165) is 56.6 Å². The summed E-state index contributed by atoms with van der Waals surface area (Å²) in [6, 6.07) is 1.94. The van der Waals surface area contributed by atoms with Gasteiger partial charge in [-0.3, -0.25) is 9.59 Å². The molecule has 6 rings (SSSR count). The lowest BCUT2D eigenvalue weighted by molar-refractivity contribution is -0.170. The molecule has 5 aliphatic rings. The SMILES string of the molecule is Cc1cc(C(=O)COC(=O)C23CC4CC(CC(C4)C2)C3)c(C)n1C[C@@H]1CCCO1. The van der Waals surface area contributed by atoms with Gasteiger partial charge in [0.05, 0.1) is 11.5 Å². The number of hydrogen-bond donors (Lipinski definition) is 0.